The van der Waals surface area contributed by atoms with Gasteiger partial charge in [-0.2, -0.15) is 0 Å². The number of aromatic nitrogens is 2. The summed E-state index contributed by atoms with van der Waals surface area (Å²) in [5.41, 5.74) is 2.57. The summed E-state index contributed by atoms with van der Waals surface area (Å²) in [5, 5.41) is 3.84. The van der Waals surface area contributed by atoms with E-state index in [0.717, 1.165) is 0 Å². The van der Waals surface area contributed by atoms with E-state index in [9.17, 15) is 9.59 Å². The van der Waals surface area contributed by atoms with Crippen LogP contribution in [0.4, 0.5) is 4.79 Å². The molecule has 1 aliphatic heterocycles. The molecule has 0 saturated carbocycles. The summed E-state index contributed by atoms with van der Waals surface area (Å²) in [6.45, 7) is 5.90. The van der Waals surface area contributed by atoms with Crippen molar-refractivity contribution < 1.29 is 19.1 Å². The molecule has 0 spiro atoms. The van der Waals surface area contributed by atoms with Crippen LogP contribution in [0.5, 0.6) is 5.88 Å². The molecule has 2 amide bonds. The first-order valence-corrected chi connectivity index (χ1v) is 13.5. The van der Waals surface area contributed by atoms with Crippen LogP contribution < -0.4 is 10.1 Å². The summed E-state index contributed by atoms with van der Waals surface area (Å²) in [6, 6.07) is 10.8. The van der Waals surface area contributed by atoms with E-state index >= 15 is 0 Å². The quantitative estimate of drug-likeness (QED) is 0.304. The van der Waals surface area contributed by atoms with Crippen LogP contribution in [0.2, 0.25) is 15.2 Å². The Morgan fingerprint density at radius 2 is 1.79 bits per heavy atom. The fourth-order valence-corrected chi connectivity index (χ4v) is 4.99. The monoisotopic (exact) mass is 590 g/mol. The van der Waals surface area contributed by atoms with Crippen LogP contribution >= 0.6 is 34.8 Å². The average Bonchev–Trinajstić information content (AvgIpc) is 3.29. The largest absolute Gasteiger partial charge is 0.481 e. The Bertz CT molecular complexity index is 1390. The summed E-state index contributed by atoms with van der Waals surface area (Å²) in [6.07, 6.45) is 2.16. The molecule has 1 aliphatic rings. The Kier molecular flexibility index (Phi) is 8.89. The Hall–Kier alpha value is -3.07. The Morgan fingerprint density at radius 1 is 1.08 bits per heavy atom. The second-order valence-electron chi connectivity index (χ2n) is 10.2. The van der Waals surface area contributed by atoms with Crippen molar-refractivity contribution in [2.24, 2.45) is 0 Å². The van der Waals surface area contributed by atoms with Crippen molar-refractivity contribution in [3.8, 4) is 28.3 Å². The number of nitrogens with zero attached hydrogens (tertiary/aromatic N) is 3. The highest BCUT2D eigenvalue weighted by atomic mass is 35.5. The number of pyridine rings is 2. The van der Waals surface area contributed by atoms with Gasteiger partial charge in [-0.25, -0.2) is 14.8 Å². The minimum absolute atomic E-state index is 0.0258. The van der Waals surface area contributed by atoms with Crippen LogP contribution in [0.25, 0.3) is 22.4 Å². The molecule has 2 aromatic heterocycles. The minimum atomic E-state index is -0.676. The number of benzene rings is 1. The fraction of sp³-hybridized carbons (Fsp3) is 0.357. The Labute approximate surface area is 242 Å². The van der Waals surface area contributed by atoms with Gasteiger partial charge in [0.1, 0.15) is 10.8 Å². The second-order valence-corrected chi connectivity index (χ2v) is 11.3. The molecule has 1 unspecified atom stereocenters. The maximum atomic E-state index is 13.1. The highest BCUT2D eigenvalue weighted by Gasteiger charge is 2.29. The molecule has 0 aliphatic carbocycles. The van der Waals surface area contributed by atoms with Gasteiger partial charge in [0, 0.05) is 47.5 Å². The SMILES string of the molecule is COc1nc(-c2cccc(-c3ccnc(Cl)c3Cl)c2Cl)ccc1CN(CC1CCC(=O)N1)C(=O)OC(C)(C)C. The van der Waals surface area contributed by atoms with Crippen molar-refractivity contribution in [2.45, 2.75) is 51.8 Å². The number of carbonyl (C=O) groups is 2. The number of ether oxygens (including phenoxy) is 2. The normalized spacial score (nSPS) is 15.2. The second kappa shape index (κ2) is 12.0. The van der Waals surface area contributed by atoms with Crippen molar-refractivity contribution in [1.82, 2.24) is 20.2 Å². The van der Waals surface area contributed by atoms with E-state index in [-0.39, 0.29) is 23.6 Å². The summed E-state index contributed by atoms with van der Waals surface area (Å²) >= 11 is 19.3. The molecule has 1 N–H and O–H groups in total. The van der Waals surface area contributed by atoms with Gasteiger partial charge in [0.25, 0.3) is 0 Å². The maximum absolute atomic E-state index is 13.1. The fourth-order valence-electron chi connectivity index (χ4n) is 4.30. The van der Waals surface area contributed by atoms with E-state index in [2.05, 4.69) is 10.3 Å². The Morgan fingerprint density at radius 3 is 2.46 bits per heavy atom. The lowest BCUT2D eigenvalue weighted by atomic mass is 10.0. The van der Waals surface area contributed by atoms with Crippen LogP contribution in [0.1, 0.15) is 39.2 Å². The van der Waals surface area contributed by atoms with Crippen molar-refractivity contribution in [3.63, 3.8) is 0 Å². The third kappa shape index (κ3) is 6.93. The first-order valence-electron chi connectivity index (χ1n) is 12.4. The molecule has 39 heavy (non-hydrogen) atoms. The number of halogens is 3. The van der Waals surface area contributed by atoms with Crippen LogP contribution in [-0.4, -0.2) is 52.2 Å². The highest BCUT2D eigenvalue weighted by Crippen LogP contribution is 2.40. The molecular formula is C28H29Cl3N4O4. The van der Waals surface area contributed by atoms with E-state index in [4.69, 9.17) is 49.3 Å². The zero-order chi connectivity index (χ0) is 28.3. The molecule has 3 aromatic rings. The third-order valence-corrected chi connectivity index (χ3v) is 7.26. The highest BCUT2D eigenvalue weighted by molar-refractivity contribution is 6.43. The minimum Gasteiger partial charge on any atom is -0.481 e. The molecular weight excluding hydrogens is 563 g/mol. The lowest BCUT2D eigenvalue weighted by molar-refractivity contribution is -0.119. The number of hydrogen-bond donors (Lipinski definition) is 1. The van der Waals surface area contributed by atoms with Gasteiger partial charge in [-0.15, -0.1) is 0 Å². The zero-order valence-electron chi connectivity index (χ0n) is 22.1. The van der Waals surface area contributed by atoms with Crippen LogP contribution in [0.3, 0.4) is 0 Å². The number of rotatable bonds is 7. The van der Waals surface area contributed by atoms with E-state index in [1.54, 1.807) is 17.2 Å². The van der Waals surface area contributed by atoms with E-state index in [1.807, 2.05) is 51.1 Å². The molecule has 1 aromatic carbocycles. The van der Waals surface area contributed by atoms with Crippen LogP contribution in [0.15, 0.2) is 42.6 Å². The summed E-state index contributed by atoms with van der Waals surface area (Å²) in [7, 11) is 1.52. The number of amides is 2. The first-order chi connectivity index (χ1) is 18.5. The maximum Gasteiger partial charge on any atom is 0.410 e. The van der Waals surface area contributed by atoms with Crippen molar-refractivity contribution in [2.75, 3.05) is 13.7 Å². The van der Waals surface area contributed by atoms with Gasteiger partial charge >= 0.3 is 6.09 Å². The molecule has 11 heteroatoms. The smallest absolute Gasteiger partial charge is 0.410 e. The van der Waals surface area contributed by atoms with E-state index < -0.39 is 11.7 Å². The lowest BCUT2D eigenvalue weighted by Gasteiger charge is -2.29. The van der Waals surface area contributed by atoms with Crippen molar-refractivity contribution >= 4 is 46.8 Å². The van der Waals surface area contributed by atoms with Crippen LogP contribution in [0, 0.1) is 0 Å². The van der Waals surface area contributed by atoms with Gasteiger partial charge in [-0.1, -0.05) is 53.0 Å². The van der Waals surface area contributed by atoms with Gasteiger partial charge in [-0.05, 0) is 45.4 Å². The van der Waals surface area contributed by atoms with Gasteiger partial charge in [0.15, 0.2) is 0 Å². The summed E-state index contributed by atoms with van der Waals surface area (Å²) in [5.74, 6) is 0.310. The zero-order valence-corrected chi connectivity index (χ0v) is 24.3. The number of methoxy groups -OCH3 is 1. The van der Waals surface area contributed by atoms with Crippen LogP contribution in [-0.2, 0) is 16.1 Å². The van der Waals surface area contributed by atoms with Crippen molar-refractivity contribution in [3.05, 3.63) is 63.4 Å². The molecule has 8 nitrogen and oxygen atoms in total. The molecule has 0 bridgehead atoms. The number of carbonyl (C=O) groups excluding carboxylic acids is 2. The predicted molar refractivity (Wildman–Crippen MR) is 152 cm³/mol. The lowest BCUT2D eigenvalue weighted by Crippen LogP contribution is -2.43. The molecule has 0 radical (unpaired) electrons. The molecule has 4 rings (SSSR count). The summed E-state index contributed by atoms with van der Waals surface area (Å²) in [4.78, 5) is 35.1. The third-order valence-electron chi connectivity index (χ3n) is 6.08. The van der Waals surface area contributed by atoms with E-state index in [0.29, 0.717) is 63.3 Å². The molecule has 3 heterocycles. The first kappa shape index (κ1) is 28.9. The topological polar surface area (TPSA) is 93.7 Å². The van der Waals surface area contributed by atoms with Gasteiger partial charge in [0.05, 0.1) is 29.4 Å². The van der Waals surface area contributed by atoms with E-state index in [1.165, 1.54) is 7.11 Å². The van der Waals surface area contributed by atoms with Crippen molar-refractivity contribution in [1.29, 1.82) is 0 Å². The molecule has 1 saturated heterocycles. The summed E-state index contributed by atoms with van der Waals surface area (Å²) < 4.78 is 11.3. The van der Waals surface area contributed by atoms with Gasteiger partial charge in [0.2, 0.25) is 11.8 Å². The Balaban J connectivity index is 1.65. The molecule has 1 fully saturated rings. The number of hydrogen-bond acceptors (Lipinski definition) is 6. The molecule has 1 atom stereocenters. The standard InChI is InChI=1S/C28H29Cl3N4O4/c1-28(2,3)39-27(37)35(15-17-9-11-22(36)33-17)14-16-8-10-21(34-26(16)38-4)20-7-5-6-18(23(20)29)19-12-13-32-25(31)24(19)30/h5-8,10,12-13,17H,9,11,14-15H2,1-4H3,(H,33,36). The van der Waals surface area contributed by atoms with Gasteiger partial charge in [-0.3, -0.25) is 4.79 Å². The molecule has 206 valence electrons. The average molecular weight is 592 g/mol. The number of nitrogens with one attached hydrogen (secondary N) is 1. The predicted octanol–water partition coefficient (Wildman–Crippen LogP) is 6.80. The van der Waals surface area contributed by atoms with Gasteiger partial charge < -0.3 is 19.7 Å².